The zero-order valence-electron chi connectivity index (χ0n) is 15.2. The maximum Gasteiger partial charge on any atom is 0.260 e. The number of halogens is 4. The third kappa shape index (κ3) is 8.96. The van der Waals surface area contributed by atoms with E-state index in [-0.39, 0.29) is 24.8 Å². The van der Waals surface area contributed by atoms with Gasteiger partial charge in [0.25, 0.3) is 6.43 Å². The Morgan fingerprint density at radius 3 is 2.70 bits per heavy atom. The molecule has 0 aliphatic heterocycles. The molecule has 0 amide bonds. The number of nitrogens with one attached hydrogen (secondary N) is 2. The highest BCUT2D eigenvalue weighted by Gasteiger charge is 2.14. The molecule has 0 fully saturated rings. The van der Waals surface area contributed by atoms with Crippen molar-refractivity contribution >= 4 is 17.0 Å². The fourth-order valence-corrected chi connectivity index (χ4v) is 2.95. The molecule has 1 heterocycles. The number of nitrogens with zero attached hydrogens (tertiary/aromatic N) is 2. The predicted molar refractivity (Wildman–Crippen MR) is 103 cm³/mol. The Kier molecular flexibility index (Phi) is 10.6. The average Bonchev–Trinajstić information content (AvgIpc) is 3.10. The van der Waals surface area contributed by atoms with Gasteiger partial charge in [0.05, 0.1) is 17.3 Å². The molecule has 1 rings (SSSR count). The Hall–Kier alpha value is -2.00. The van der Waals surface area contributed by atoms with Crippen LogP contribution in [0.1, 0.15) is 29.1 Å². The van der Waals surface area contributed by atoms with Crippen molar-refractivity contribution in [3.63, 3.8) is 0 Å². The van der Waals surface area contributed by atoms with E-state index in [4.69, 9.17) is 0 Å². The first-order valence-corrected chi connectivity index (χ1v) is 9.09. The van der Waals surface area contributed by atoms with Crippen LogP contribution in [0, 0.1) is 0 Å². The van der Waals surface area contributed by atoms with E-state index in [1.165, 1.54) is 11.3 Å². The average molecular weight is 404 g/mol. The third-order valence-electron chi connectivity index (χ3n) is 3.52. The van der Waals surface area contributed by atoms with Crippen molar-refractivity contribution in [3.05, 3.63) is 52.7 Å². The summed E-state index contributed by atoms with van der Waals surface area (Å²) in [4.78, 5) is 9.03. The molecule has 27 heavy (non-hydrogen) atoms. The van der Waals surface area contributed by atoms with Crippen LogP contribution in [-0.2, 0) is 6.54 Å². The zero-order chi connectivity index (χ0) is 20.2. The lowest BCUT2D eigenvalue weighted by Crippen LogP contribution is -2.25. The zero-order valence-corrected chi connectivity index (χ0v) is 16.0. The molecule has 0 atom stereocenters. The van der Waals surface area contributed by atoms with Crippen molar-refractivity contribution < 1.29 is 17.6 Å². The van der Waals surface area contributed by atoms with Gasteiger partial charge in [0.15, 0.2) is 0 Å². The summed E-state index contributed by atoms with van der Waals surface area (Å²) in [7, 11) is 1.55. The highest BCUT2D eigenvalue weighted by atomic mass is 32.1. The monoisotopic (exact) mass is 404 g/mol. The second-order valence-electron chi connectivity index (χ2n) is 5.59. The molecule has 0 aliphatic carbocycles. The molecular formula is C18H24F4N4S. The predicted octanol–water partition coefficient (Wildman–Crippen LogP) is 4.53. The standard InChI is InChI=1S/C18H24F4N4S/c1-4-13(5-6-16(19)20)8-24-11-25-10-17-26-9-15(27-17)14(23-3)7-12(2)18(21)22/h4,8-9,16,18,24-25H,1-2,5-7,10-11H2,3H3/b13-8+,23-14+. The van der Waals surface area contributed by atoms with Crippen molar-refractivity contribution in [1.82, 2.24) is 15.6 Å². The molecule has 0 aliphatic rings. The second kappa shape index (κ2) is 12.4. The topological polar surface area (TPSA) is 49.3 Å². The number of aliphatic imine (C=N–C) groups is 1. The molecule has 0 saturated carbocycles. The van der Waals surface area contributed by atoms with Gasteiger partial charge in [-0.15, -0.1) is 11.3 Å². The molecule has 150 valence electrons. The molecular weight excluding hydrogens is 380 g/mol. The quantitative estimate of drug-likeness (QED) is 0.127. The normalized spacial score (nSPS) is 12.7. The molecule has 0 unspecified atom stereocenters. The summed E-state index contributed by atoms with van der Waals surface area (Å²) >= 11 is 1.37. The number of allylic oxidation sites excluding steroid dienone is 3. The van der Waals surface area contributed by atoms with Crippen LogP contribution in [0.4, 0.5) is 17.6 Å². The second-order valence-corrected chi connectivity index (χ2v) is 6.70. The van der Waals surface area contributed by atoms with Gasteiger partial charge in [0.2, 0.25) is 6.43 Å². The highest BCUT2D eigenvalue weighted by molar-refractivity contribution is 7.13. The lowest BCUT2D eigenvalue weighted by atomic mass is 10.1. The van der Waals surface area contributed by atoms with Gasteiger partial charge in [0.1, 0.15) is 5.01 Å². The summed E-state index contributed by atoms with van der Waals surface area (Å²) in [5.41, 5.74) is 1.06. The molecule has 0 aromatic carbocycles. The summed E-state index contributed by atoms with van der Waals surface area (Å²) in [5, 5.41) is 6.87. The van der Waals surface area contributed by atoms with Crippen LogP contribution in [0.2, 0.25) is 0 Å². The molecule has 0 radical (unpaired) electrons. The molecule has 4 nitrogen and oxygen atoms in total. The van der Waals surface area contributed by atoms with Gasteiger partial charge in [-0.25, -0.2) is 22.5 Å². The van der Waals surface area contributed by atoms with Gasteiger partial charge in [-0.1, -0.05) is 19.2 Å². The minimum atomic E-state index is -2.57. The summed E-state index contributed by atoms with van der Waals surface area (Å²) in [5.74, 6) is 0. The number of aromatic nitrogens is 1. The van der Waals surface area contributed by atoms with Crippen molar-refractivity contribution in [3.8, 4) is 0 Å². The molecule has 0 bridgehead atoms. The fourth-order valence-electron chi connectivity index (χ4n) is 2.03. The van der Waals surface area contributed by atoms with Gasteiger partial charge >= 0.3 is 0 Å². The van der Waals surface area contributed by atoms with Gasteiger partial charge in [-0.05, 0) is 17.6 Å². The van der Waals surface area contributed by atoms with Crippen molar-refractivity contribution in [2.75, 3.05) is 13.7 Å². The Morgan fingerprint density at radius 2 is 2.11 bits per heavy atom. The van der Waals surface area contributed by atoms with E-state index in [0.717, 1.165) is 9.88 Å². The van der Waals surface area contributed by atoms with E-state index < -0.39 is 12.9 Å². The largest absolute Gasteiger partial charge is 0.378 e. The van der Waals surface area contributed by atoms with E-state index in [1.807, 2.05) is 0 Å². The smallest absolute Gasteiger partial charge is 0.260 e. The Morgan fingerprint density at radius 1 is 1.37 bits per heavy atom. The van der Waals surface area contributed by atoms with E-state index in [0.29, 0.717) is 24.5 Å². The van der Waals surface area contributed by atoms with Crippen molar-refractivity contribution in [2.24, 2.45) is 4.99 Å². The molecule has 1 aromatic rings. The highest BCUT2D eigenvalue weighted by Crippen LogP contribution is 2.20. The Labute approximate surface area is 160 Å². The maximum atomic E-state index is 12.6. The van der Waals surface area contributed by atoms with E-state index in [1.54, 1.807) is 25.5 Å². The number of hydrogen-bond acceptors (Lipinski definition) is 5. The third-order valence-corrected chi connectivity index (χ3v) is 4.56. The van der Waals surface area contributed by atoms with Crippen LogP contribution in [0.3, 0.4) is 0 Å². The van der Waals surface area contributed by atoms with Crippen LogP contribution >= 0.6 is 11.3 Å². The number of hydrogen-bond donors (Lipinski definition) is 2. The lowest BCUT2D eigenvalue weighted by molar-refractivity contribution is 0.138. The van der Waals surface area contributed by atoms with E-state index in [2.05, 4.69) is 33.8 Å². The first-order chi connectivity index (χ1) is 12.9. The van der Waals surface area contributed by atoms with E-state index in [9.17, 15) is 17.6 Å². The van der Waals surface area contributed by atoms with Gasteiger partial charge in [0, 0.05) is 38.8 Å². The van der Waals surface area contributed by atoms with Crippen molar-refractivity contribution in [1.29, 1.82) is 0 Å². The lowest BCUT2D eigenvalue weighted by Gasteiger charge is -2.06. The Bertz CT molecular complexity index is 668. The summed E-state index contributed by atoms with van der Waals surface area (Å²) in [6, 6.07) is 0. The SMILES string of the molecule is C=C/C(=C\NCNCc1ncc(/C(CC(=C)C(F)F)=N/C)s1)CCC(F)F. The number of thiazole rings is 1. The first-order valence-electron chi connectivity index (χ1n) is 8.27. The van der Waals surface area contributed by atoms with Crippen molar-refractivity contribution in [2.45, 2.75) is 38.7 Å². The first kappa shape index (κ1) is 23.0. The summed E-state index contributed by atoms with van der Waals surface area (Å²) in [6.07, 6.45) is -0.0405. The van der Waals surface area contributed by atoms with E-state index >= 15 is 0 Å². The number of alkyl halides is 4. The van der Waals surface area contributed by atoms with Crippen LogP contribution in [-0.4, -0.2) is 37.3 Å². The fraction of sp³-hybridized carbons (Fsp3) is 0.444. The minimum Gasteiger partial charge on any atom is -0.378 e. The van der Waals surface area contributed by atoms with Crippen LogP contribution < -0.4 is 10.6 Å². The molecule has 0 spiro atoms. The van der Waals surface area contributed by atoms with Crippen LogP contribution in [0.25, 0.3) is 0 Å². The van der Waals surface area contributed by atoms with Gasteiger partial charge in [-0.3, -0.25) is 10.3 Å². The molecule has 9 heteroatoms. The Balaban J connectivity index is 2.44. The molecule has 2 N–H and O–H groups in total. The van der Waals surface area contributed by atoms with Gasteiger partial charge in [-0.2, -0.15) is 0 Å². The molecule has 1 aromatic heterocycles. The van der Waals surface area contributed by atoms with Crippen LogP contribution in [0.15, 0.2) is 47.8 Å². The summed E-state index contributed by atoms with van der Waals surface area (Å²) in [6.45, 7) is 7.85. The van der Waals surface area contributed by atoms with Gasteiger partial charge < -0.3 is 5.32 Å². The summed E-state index contributed by atoms with van der Waals surface area (Å²) < 4.78 is 49.7. The minimum absolute atomic E-state index is 0.0124. The molecule has 0 saturated heterocycles. The van der Waals surface area contributed by atoms with Crippen LogP contribution in [0.5, 0.6) is 0 Å². The number of rotatable bonds is 13. The maximum absolute atomic E-state index is 12.6.